The van der Waals surface area contributed by atoms with Crippen LogP contribution in [0.5, 0.6) is 5.75 Å². The van der Waals surface area contributed by atoms with Crippen LogP contribution < -0.4 is 0 Å². The molecule has 2 heterocycles. The van der Waals surface area contributed by atoms with Gasteiger partial charge < -0.3 is 5.11 Å². The number of hydrogen-bond acceptors (Lipinski definition) is 3. The summed E-state index contributed by atoms with van der Waals surface area (Å²) in [6.07, 6.45) is 1.74. The number of phenolic OH excluding ortho intramolecular Hbond substituents is 1. The first-order valence-corrected chi connectivity index (χ1v) is 21.8. The summed E-state index contributed by atoms with van der Waals surface area (Å²) in [6.45, 7) is 12.2. The van der Waals surface area contributed by atoms with E-state index in [4.69, 9.17) is 18.2 Å². The molecule has 4 nitrogen and oxygen atoms in total. The molecule has 9 aromatic rings. The molecule has 0 aliphatic heterocycles. The summed E-state index contributed by atoms with van der Waals surface area (Å²) in [5, 5.41) is 11.8. The van der Waals surface area contributed by atoms with Crippen molar-refractivity contribution in [3.05, 3.63) is 191 Å². The van der Waals surface area contributed by atoms with Crippen LogP contribution in [0, 0.1) is 33.6 Å². The van der Waals surface area contributed by atoms with Crippen molar-refractivity contribution < 1.29 is 34.4 Å². The van der Waals surface area contributed by atoms with Crippen LogP contribution in [-0.4, -0.2) is 19.6 Å². The van der Waals surface area contributed by atoms with Gasteiger partial charge in [0, 0.05) is 41.2 Å². The van der Waals surface area contributed by atoms with Crippen molar-refractivity contribution >= 4 is 11.0 Å². The van der Waals surface area contributed by atoms with Gasteiger partial charge in [-0.3, -0.25) is 9.55 Å². The molecule has 7 aromatic carbocycles. The molecule has 0 bridgehead atoms. The van der Waals surface area contributed by atoms with E-state index in [1.54, 1.807) is 24.4 Å². The zero-order valence-electron chi connectivity index (χ0n) is 44.0. The summed E-state index contributed by atoms with van der Waals surface area (Å²) in [4.78, 5) is 10.2. The van der Waals surface area contributed by atoms with Gasteiger partial charge in [-0.05, 0) is 124 Å². The smallest absolute Gasteiger partial charge is 0.148 e. The van der Waals surface area contributed by atoms with Crippen LogP contribution in [-0.2, 0) is 31.9 Å². The van der Waals surface area contributed by atoms with E-state index in [1.165, 1.54) is 0 Å². The first kappa shape index (κ1) is 38.0. The van der Waals surface area contributed by atoms with Crippen molar-refractivity contribution in [2.75, 3.05) is 0 Å². The summed E-state index contributed by atoms with van der Waals surface area (Å²) in [5.41, 5.74) is 14.4. The first-order valence-electron chi connectivity index (χ1n) is 24.8. The number of rotatable bonds is 7. The minimum Gasteiger partial charge on any atom is -0.507 e. The molecule has 0 aliphatic carbocycles. The Hall–Kier alpha value is -6.35. The maximum absolute atomic E-state index is 11.8. The summed E-state index contributed by atoms with van der Waals surface area (Å²) in [7, 11) is 0. The van der Waals surface area contributed by atoms with Gasteiger partial charge >= 0.3 is 0 Å². The third kappa shape index (κ3) is 9.02. The molecule has 9 rings (SSSR count). The van der Waals surface area contributed by atoms with E-state index in [-0.39, 0.29) is 48.8 Å². The van der Waals surface area contributed by atoms with Crippen molar-refractivity contribution in [2.45, 2.75) is 79.9 Å². The number of imidazole rings is 1. The first-order chi connectivity index (χ1) is 32.9. The van der Waals surface area contributed by atoms with E-state index in [1.807, 2.05) is 103 Å². The minimum atomic E-state index is -2.54. The topological polar surface area (TPSA) is 50.9 Å². The van der Waals surface area contributed by atoms with Gasteiger partial charge in [-0.1, -0.05) is 167 Å². The summed E-state index contributed by atoms with van der Waals surface area (Å²) in [5.74, 6) is 0.455. The average molecular weight is 1040 g/mol. The van der Waals surface area contributed by atoms with E-state index in [2.05, 4.69) is 90.1 Å². The maximum atomic E-state index is 11.8. The van der Waals surface area contributed by atoms with Crippen LogP contribution in [0.25, 0.3) is 83.9 Å². The molecular formula is C60H56N3OPt-. The molecule has 65 heavy (non-hydrogen) atoms. The van der Waals surface area contributed by atoms with Gasteiger partial charge in [-0.15, -0.1) is 23.8 Å². The van der Waals surface area contributed by atoms with Gasteiger partial charge in [0.2, 0.25) is 0 Å². The Labute approximate surface area is 407 Å². The molecule has 0 saturated carbocycles. The number of aromatic nitrogens is 3. The van der Waals surface area contributed by atoms with Crippen molar-refractivity contribution in [2.24, 2.45) is 0 Å². The van der Waals surface area contributed by atoms with Crippen LogP contribution in [0.15, 0.2) is 152 Å². The van der Waals surface area contributed by atoms with Crippen molar-refractivity contribution in [1.29, 1.82) is 0 Å². The third-order valence-electron chi connectivity index (χ3n) is 12.1. The Bertz CT molecular complexity index is 3420. The number of aromatic hydroxyl groups is 1. The van der Waals surface area contributed by atoms with Crippen molar-refractivity contribution in [1.82, 2.24) is 14.5 Å². The van der Waals surface area contributed by atoms with Crippen LogP contribution >= 0.6 is 0 Å². The number of fused-ring (bicyclic) bond motifs is 1. The molecule has 0 aliphatic rings. The predicted molar refractivity (Wildman–Crippen MR) is 268 cm³/mol. The molecule has 328 valence electrons. The fraction of sp³-hybridized carbons (Fsp3) is 0.200. The van der Waals surface area contributed by atoms with Crippen molar-refractivity contribution in [3.8, 4) is 78.6 Å². The Kier molecular flexibility index (Phi) is 10.3. The molecule has 0 saturated heterocycles. The van der Waals surface area contributed by atoms with Crippen LogP contribution in [0.4, 0.5) is 0 Å². The van der Waals surface area contributed by atoms with Crippen LogP contribution in [0.3, 0.4) is 0 Å². The number of hydrogen-bond donors (Lipinski definition) is 1. The van der Waals surface area contributed by atoms with E-state index < -0.39 is 13.7 Å². The van der Waals surface area contributed by atoms with Gasteiger partial charge in [0.25, 0.3) is 0 Å². The Balaban J connectivity index is 0.00000676. The zero-order chi connectivity index (χ0) is 50.1. The van der Waals surface area contributed by atoms with Gasteiger partial charge in [0.1, 0.15) is 11.6 Å². The largest absolute Gasteiger partial charge is 0.507 e. The fourth-order valence-electron chi connectivity index (χ4n) is 8.51. The summed E-state index contributed by atoms with van der Waals surface area (Å²) < 4.78 is 52.6. The number of pyridine rings is 1. The second-order valence-corrected chi connectivity index (χ2v) is 19.0. The number of para-hydroxylation sites is 1. The number of benzene rings is 7. The molecule has 0 amide bonds. The van der Waals surface area contributed by atoms with Gasteiger partial charge in [0.05, 0.1) is 22.3 Å². The van der Waals surface area contributed by atoms with E-state index in [0.29, 0.717) is 39.4 Å². The molecule has 0 fully saturated rings. The normalized spacial score (nSPS) is 13.5. The summed E-state index contributed by atoms with van der Waals surface area (Å²) in [6, 6.07) is 50.7. The Morgan fingerprint density at radius 3 is 1.91 bits per heavy atom. The predicted octanol–water partition coefficient (Wildman–Crippen LogP) is 15.8. The average Bonchev–Trinajstić information content (AvgIpc) is 3.71. The molecule has 0 radical (unpaired) electrons. The molecular weight excluding hydrogens is 974 g/mol. The monoisotopic (exact) mass is 1040 g/mol. The Morgan fingerprint density at radius 2 is 1.22 bits per heavy atom. The molecule has 2 aromatic heterocycles. The molecule has 5 heteroatoms. The zero-order valence-corrected chi connectivity index (χ0v) is 40.3. The fourth-order valence-corrected chi connectivity index (χ4v) is 8.51. The standard InChI is InChI=1S/C60H56N3O.Pt/c1-37-19-21-42(22-20-37)44-25-26-61-53(35-44)48-31-45(41-15-12-11-13-16-41)30-47(32-48)51-17-14-18-55-56(51)62-58(52-28-38(2)27-40(4)57(52)64)63(55)54-24-23-43(29-39(54)3)46-33-49(59(5,6)7)36-50(34-46)60(8,9)10;/h11-31,33-36,64H,1-10H3;/q-1;/i1D3,3D3;. The second-order valence-electron chi connectivity index (χ2n) is 19.0. The molecule has 1 N–H and O–H groups in total. The van der Waals surface area contributed by atoms with Gasteiger partial charge in [0.15, 0.2) is 0 Å². The number of phenols is 1. The van der Waals surface area contributed by atoms with Gasteiger partial charge in [-0.25, -0.2) is 4.98 Å². The van der Waals surface area contributed by atoms with E-state index in [9.17, 15) is 5.11 Å². The minimum absolute atomic E-state index is 0. The van der Waals surface area contributed by atoms with E-state index >= 15 is 0 Å². The Morgan fingerprint density at radius 1 is 0.554 bits per heavy atom. The number of aryl methyl sites for hydroxylation is 4. The number of nitrogens with zero attached hydrogens (tertiary/aromatic N) is 3. The van der Waals surface area contributed by atoms with Crippen LogP contribution in [0.2, 0.25) is 0 Å². The summed E-state index contributed by atoms with van der Waals surface area (Å²) >= 11 is 0. The maximum Gasteiger partial charge on any atom is 0.148 e. The van der Waals surface area contributed by atoms with Gasteiger partial charge in [-0.2, -0.15) is 0 Å². The van der Waals surface area contributed by atoms with Crippen molar-refractivity contribution in [3.63, 3.8) is 0 Å². The van der Waals surface area contributed by atoms with Crippen LogP contribution in [0.1, 0.15) is 83.1 Å². The van der Waals surface area contributed by atoms with E-state index in [0.717, 1.165) is 66.8 Å². The second kappa shape index (κ2) is 17.6. The quantitative estimate of drug-likeness (QED) is 0.162. The molecule has 0 spiro atoms. The SMILES string of the molecule is [2H]C([2H])([2H])c1ccc(-c2ccnc(-c3[c-]c(-c4cccc5c4nc(-c4cc(C)cc(C)c4O)n5-c4ccc(-c5cc(C(C)(C)C)cc(C(C)(C)C)c5)cc4C([2H])([2H])[2H])cc(-c4ccccc4)c3)c2)cc1.[Pt]. The third-order valence-corrected chi connectivity index (χ3v) is 12.1. The molecule has 0 unspecified atom stereocenters. The molecule has 0 atom stereocenters.